The van der Waals surface area contributed by atoms with Crippen LogP contribution in [-0.4, -0.2) is 23.3 Å². The largest absolute Gasteiger partial charge is 0.462 e. The first kappa shape index (κ1) is 17.7. The maximum Gasteiger partial charge on any atom is 0.341 e. The van der Waals surface area contributed by atoms with E-state index in [0.29, 0.717) is 11.1 Å². The number of esters is 1. The van der Waals surface area contributed by atoms with Crippen LogP contribution >= 0.6 is 34.5 Å². The van der Waals surface area contributed by atoms with Gasteiger partial charge in [-0.1, -0.05) is 35.3 Å². The summed E-state index contributed by atoms with van der Waals surface area (Å²) in [6.07, 6.45) is 0. The van der Waals surface area contributed by atoms with Crippen LogP contribution in [0.3, 0.4) is 0 Å². The van der Waals surface area contributed by atoms with Crippen LogP contribution in [0.4, 0.5) is 9.39 Å². The fraction of sp³-hybridized carbons (Fsp3) is 0.200. The number of hydrogen-bond acceptors (Lipinski definition) is 4. The third kappa shape index (κ3) is 4.22. The molecule has 1 N–H and O–H groups in total. The summed E-state index contributed by atoms with van der Waals surface area (Å²) in [5, 5.41) is 4.44. The van der Waals surface area contributed by atoms with Crippen LogP contribution in [0.15, 0.2) is 29.6 Å². The molecule has 0 aliphatic carbocycles. The lowest BCUT2D eigenvalue weighted by molar-refractivity contribution is -0.114. The van der Waals surface area contributed by atoms with Gasteiger partial charge in [-0.2, -0.15) is 0 Å². The number of rotatable bonds is 5. The first-order valence-corrected chi connectivity index (χ1v) is 8.32. The number of alkyl halides is 2. The second-order valence-electron chi connectivity index (χ2n) is 4.37. The van der Waals surface area contributed by atoms with Gasteiger partial charge < -0.3 is 10.1 Å². The molecular weight excluding hydrogens is 364 g/mol. The number of hydrogen-bond donors (Lipinski definition) is 1. The molecule has 0 atom stereocenters. The van der Waals surface area contributed by atoms with Gasteiger partial charge in [0, 0.05) is 10.9 Å². The van der Waals surface area contributed by atoms with Crippen molar-refractivity contribution < 1.29 is 18.7 Å². The lowest BCUT2D eigenvalue weighted by atomic mass is 10.0. The van der Waals surface area contributed by atoms with Crippen LogP contribution < -0.4 is 5.32 Å². The van der Waals surface area contributed by atoms with Crippen LogP contribution in [0.5, 0.6) is 0 Å². The summed E-state index contributed by atoms with van der Waals surface area (Å²) in [4.78, 5) is 22.6. The van der Waals surface area contributed by atoms with Gasteiger partial charge in [0.2, 0.25) is 0 Å². The molecule has 0 aliphatic heterocycles. The Labute approximate surface area is 146 Å². The molecule has 0 fully saturated rings. The Hall–Kier alpha value is -1.63. The number of nitrogens with one attached hydrogen (secondary N) is 1. The average molecular weight is 376 g/mol. The fourth-order valence-electron chi connectivity index (χ4n) is 1.86. The van der Waals surface area contributed by atoms with Crippen molar-refractivity contribution in [3.63, 3.8) is 0 Å². The van der Waals surface area contributed by atoms with Crippen LogP contribution in [-0.2, 0) is 9.53 Å². The molecule has 0 saturated heterocycles. The molecule has 2 rings (SSSR count). The molecule has 0 aliphatic rings. The Morgan fingerprint density at radius 2 is 1.96 bits per heavy atom. The standard InChI is InChI=1S/C15H12Cl2FNO3S/c1-2-22-15(21)11-10(8-3-5-9(18)6-4-8)7-23-14(11)19-13(20)12(16)17/h3-7,12H,2H2,1H3,(H,19,20). The van der Waals surface area contributed by atoms with Crippen molar-refractivity contribution in [3.05, 3.63) is 41.0 Å². The topological polar surface area (TPSA) is 55.4 Å². The van der Waals surface area contributed by atoms with Crippen molar-refractivity contribution in [1.82, 2.24) is 0 Å². The zero-order valence-electron chi connectivity index (χ0n) is 11.9. The molecule has 4 nitrogen and oxygen atoms in total. The van der Waals surface area contributed by atoms with Crippen LogP contribution in [0.25, 0.3) is 11.1 Å². The summed E-state index contributed by atoms with van der Waals surface area (Å²) in [6.45, 7) is 1.85. The van der Waals surface area contributed by atoms with E-state index in [2.05, 4.69) is 5.32 Å². The SMILES string of the molecule is CCOC(=O)c1c(-c2ccc(F)cc2)csc1NC(=O)C(Cl)Cl. The van der Waals surface area contributed by atoms with Gasteiger partial charge in [0.1, 0.15) is 16.4 Å². The second-order valence-corrected chi connectivity index (χ2v) is 6.35. The highest BCUT2D eigenvalue weighted by atomic mass is 35.5. The summed E-state index contributed by atoms with van der Waals surface area (Å²) in [6, 6.07) is 5.65. The van der Waals surface area contributed by atoms with E-state index < -0.39 is 16.7 Å². The summed E-state index contributed by atoms with van der Waals surface area (Å²) >= 11 is 12.2. The van der Waals surface area contributed by atoms with Gasteiger partial charge in [-0.15, -0.1) is 11.3 Å². The molecule has 0 radical (unpaired) electrons. The summed E-state index contributed by atoms with van der Waals surface area (Å²) in [7, 11) is 0. The van der Waals surface area contributed by atoms with E-state index in [4.69, 9.17) is 27.9 Å². The minimum atomic E-state index is -1.26. The predicted octanol–water partition coefficient (Wildman–Crippen LogP) is 4.47. The Morgan fingerprint density at radius 3 is 2.52 bits per heavy atom. The first-order chi connectivity index (χ1) is 10.9. The van der Waals surface area contributed by atoms with E-state index in [1.165, 1.54) is 24.3 Å². The lowest BCUT2D eigenvalue weighted by Crippen LogP contribution is -2.19. The van der Waals surface area contributed by atoms with E-state index in [1.807, 2.05) is 0 Å². The van der Waals surface area contributed by atoms with Crippen molar-refractivity contribution in [3.8, 4) is 11.1 Å². The molecule has 1 aromatic carbocycles. The average Bonchev–Trinajstić information content (AvgIpc) is 2.91. The van der Waals surface area contributed by atoms with E-state index in [-0.39, 0.29) is 23.0 Å². The Kier molecular flexibility index (Phi) is 5.98. The summed E-state index contributed by atoms with van der Waals surface area (Å²) in [5.74, 6) is -1.63. The molecule has 0 unspecified atom stereocenters. The number of halogens is 3. The number of amides is 1. The van der Waals surface area contributed by atoms with E-state index in [0.717, 1.165) is 11.3 Å². The molecule has 0 spiro atoms. The normalized spacial score (nSPS) is 10.7. The second kappa shape index (κ2) is 7.77. The molecule has 23 heavy (non-hydrogen) atoms. The van der Waals surface area contributed by atoms with Gasteiger partial charge in [-0.3, -0.25) is 4.79 Å². The molecule has 1 heterocycles. The highest BCUT2D eigenvalue weighted by Crippen LogP contribution is 2.36. The summed E-state index contributed by atoms with van der Waals surface area (Å²) < 4.78 is 18.1. The molecular formula is C15H12Cl2FNO3S. The number of thiophene rings is 1. The van der Waals surface area contributed by atoms with E-state index in [9.17, 15) is 14.0 Å². The smallest absolute Gasteiger partial charge is 0.341 e. The van der Waals surface area contributed by atoms with E-state index in [1.54, 1.807) is 12.3 Å². The molecule has 0 saturated carbocycles. The van der Waals surface area contributed by atoms with Crippen molar-refractivity contribution in [2.45, 2.75) is 11.8 Å². The number of carbonyl (C=O) groups excluding carboxylic acids is 2. The zero-order chi connectivity index (χ0) is 17.0. The zero-order valence-corrected chi connectivity index (χ0v) is 14.3. The van der Waals surface area contributed by atoms with Gasteiger partial charge in [0.05, 0.1) is 6.61 Å². The van der Waals surface area contributed by atoms with Crippen LogP contribution in [0.2, 0.25) is 0 Å². The molecule has 1 aromatic heterocycles. The van der Waals surface area contributed by atoms with Gasteiger partial charge in [0.15, 0.2) is 4.84 Å². The van der Waals surface area contributed by atoms with Crippen molar-refractivity contribution in [2.24, 2.45) is 0 Å². The number of carbonyl (C=O) groups is 2. The Bertz CT molecular complexity index is 716. The molecule has 1 amide bonds. The quantitative estimate of drug-likeness (QED) is 0.619. The maximum absolute atomic E-state index is 13.1. The highest BCUT2D eigenvalue weighted by molar-refractivity contribution is 7.15. The van der Waals surface area contributed by atoms with Crippen LogP contribution in [0, 0.1) is 5.82 Å². The van der Waals surface area contributed by atoms with Crippen LogP contribution in [0.1, 0.15) is 17.3 Å². The third-order valence-corrected chi connectivity index (χ3v) is 4.15. The van der Waals surface area contributed by atoms with Crippen molar-refractivity contribution >= 4 is 51.4 Å². The van der Waals surface area contributed by atoms with Crippen molar-refractivity contribution in [2.75, 3.05) is 11.9 Å². The Balaban J connectivity index is 2.46. The number of benzene rings is 1. The Morgan fingerprint density at radius 1 is 1.30 bits per heavy atom. The minimum Gasteiger partial charge on any atom is -0.462 e. The van der Waals surface area contributed by atoms with E-state index >= 15 is 0 Å². The van der Waals surface area contributed by atoms with Gasteiger partial charge >= 0.3 is 5.97 Å². The minimum absolute atomic E-state index is 0.179. The molecule has 2 aromatic rings. The number of ether oxygens (including phenoxy) is 1. The third-order valence-electron chi connectivity index (χ3n) is 2.86. The fourth-order valence-corrected chi connectivity index (χ4v) is 2.93. The number of anilines is 1. The molecule has 0 bridgehead atoms. The highest BCUT2D eigenvalue weighted by Gasteiger charge is 2.24. The lowest BCUT2D eigenvalue weighted by Gasteiger charge is -2.09. The maximum atomic E-state index is 13.1. The monoisotopic (exact) mass is 375 g/mol. The van der Waals surface area contributed by atoms with Gasteiger partial charge in [-0.05, 0) is 24.6 Å². The summed E-state index contributed by atoms with van der Waals surface area (Å²) in [5.41, 5.74) is 1.34. The van der Waals surface area contributed by atoms with Gasteiger partial charge in [-0.25, -0.2) is 9.18 Å². The first-order valence-electron chi connectivity index (χ1n) is 6.57. The van der Waals surface area contributed by atoms with Crippen molar-refractivity contribution in [1.29, 1.82) is 0 Å². The van der Waals surface area contributed by atoms with Gasteiger partial charge in [0.25, 0.3) is 5.91 Å². The molecule has 122 valence electrons. The predicted molar refractivity (Wildman–Crippen MR) is 89.8 cm³/mol. The molecule has 8 heteroatoms.